The molecule has 0 bridgehead atoms. The fourth-order valence-corrected chi connectivity index (χ4v) is 2.24. The van der Waals surface area contributed by atoms with Gasteiger partial charge in [0.2, 0.25) is 0 Å². The van der Waals surface area contributed by atoms with Crippen LogP contribution in [0.1, 0.15) is 30.6 Å². The lowest BCUT2D eigenvalue weighted by Crippen LogP contribution is -2.37. The van der Waals surface area contributed by atoms with E-state index in [0.29, 0.717) is 11.8 Å². The van der Waals surface area contributed by atoms with Gasteiger partial charge in [0.05, 0.1) is 5.56 Å². The first kappa shape index (κ1) is 15.3. The van der Waals surface area contributed by atoms with Crippen LogP contribution in [-0.2, 0) is 0 Å². The van der Waals surface area contributed by atoms with E-state index < -0.39 is 0 Å². The summed E-state index contributed by atoms with van der Waals surface area (Å²) in [4.78, 5) is 12.0. The first-order chi connectivity index (χ1) is 8.43. The van der Waals surface area contributed by atoms with Gasteiger partial charge in [-0.15, -0.1) is 11.6 Å². The Morgan fingerprint density at radius 2 is 2.17 bits per heavy atom. The van der Waals surface area contributed by atoms with Crippen LogP contribution in [0.25, 0.3) is 0 Å². The maximum atomic E-state index is 12.0. The highest BCUT2D eigenvalue weighted by Gasteiger charge is 2.16. The number of hydrogen-bond acceptors (Lipinski definition) is 2. The molecule has 0 heterocycles. The van der Waals surface area contributed by atoms with Gasteiger partial charge in [-0.3, -0.25) is 4.79 Å². The van der Waals surface area contributed by atoms with E-state index in [1.54, 1.807) is 12.1 Å². The normalized spacial score (nSPS) is 12.5. The number of amides is 1. The van der Waals surface area contributed by atoms with Gasteiger partial charge in [0, 0.05) is 16.4 Å². The molecule has 3 nitrogen and oxygen atoms in total. The van der Waals surface area contributed by atoms with Gasteiger partial charge in [-0.1, -0.05) is 29.8 Å². The molecule has 1 aromatic rings. The Balaban J connectivity index is 2.74. The molecule has 5 heteroatoms. The van der Waals surface area contributed by atoms with Gasteiger partial charge in [-0.25, -0.2) is 0 Å². The summed E-state index contributed by atoms with van der Waals surface area (Å²) in [6.07, 6.45) is 0.812. The van der Waals surface area contributed by atoms with E-state index in [2.05, 4.69) is 35.1 Å². The van der Waals surface area contributed by atoms with Gasteiger partial charge < -0.3 is 10.4 Å². The van der Waals surface area contributed by atoms with Crippen molar-refractivity contribution in [1.29, 1.82) is 0 Å². The molecule has 100 valence electrons. The van der Waals surface area contributed by atoms with Gasteiger partial charge in [0.15, 0.2) is 0 Å². The summed E-state index contributed by atoms with van der Waals surface area (Å²) in [5.74, 6) is 0.472. The maximum Gasteiger partial charge on any atom is 0.255 e. The molecule has 0 saturated heterocycles. The third-order valence-electron chi connectivity index (χ3n) is 2.48. The molecule has 1 unspecified atom stereocenters. The fraction of sp³-hybridized carbons (Fsp3) is 0.462. The van der Waals surface area contributed by atoms with Crippen LogP contribution in [0.3, 0.4) is 0 Å². The average molecular weight is 335 g/mol. The number of benzene rings is 1. The zero-order chi connectivity index (χ0) is 13.7. The minimum Gasteiger partial charge on any atom is -0.507 e. The van der Waals surface area contributed by atoms with Crippen molar-refractivity contribution in [3.8, 4) is 5.75 Å². The van der Waals surface area contributed by atoms with Crippen LogP contribution in [0.15, 0.2) is 22.7 Å². The van der Waals surface area contributed by atoms with Crippen molar-refractivity contribution in [2.45, 2.75) is 26.3 Å². The number of carbonyl (C=O) groups is 1. The lowest BCUT2D eigenvalue weighted by Gasteiger charge is -2.18. The predicted molar refractivity (Wildman–Crippen MR) is 77.2 cm³/mol. The Morgan fingerprint density at radius 1 is 1.50 bits per heavy atom. The van der Waals surface area contributed by atoms with E-state index in [4.69, 9.17) is 11.6 Å². The summed E-state index contributed by atoms with van der Waals surface area (Å²) >= 11 is 9.05. The van der Waals surface area contributed by atoms with Crippen molar-refractivity contribution in [3.05, 3.63) is 28.2 Å². The second kappa shape index (κ2) is 7.00. The first-order valence-electron chi connectivity index (χ1n) is 5.79. The van der Waals surface area contributed by atoms with Crippen molar-refractivity contribution >= 4 is 33.4 Å². The van der Waals surface area contributed by atoms with Crippen molar-refractivity contribution in [1.82, 2.24) is 5.32 Å². The second-order valence-electron chi connectivity index (χ2n) is 4.62. The number of phenolic OH excluding ortho intramolecular Hbond substituents is 1. The van der Waals surface area contributed by atoms with Gasteiger partial charge in [-0.2, -0.15) is 0 Å². The fourth-order valence-electron chi connectivity index (χ4n) is 1.69. The van der Waals surface area contributed by atoms with Gasteiger partial charge in [0.1, 0.15) is 5.75 Å². The summed E-state index contributed by atoms with van der Waals surface area (Å²) < 4.78 is 0.729. The molecule has 0 radical (unpaired) electrons. The Kier molecular flexibility index (Phi) is 5.96. The lowest BCUT2D eigenvalue weighted by molar-refractivity contribution is 0.0934. The monoisotopic (exact) mass is 333 g/mol. The number of alkyl halides is 1. The average Bonchev–Trinajstić information content (AvgIpc) is 2.27. The van der Waals surface area contributed by atoms with E-state index >= 15 is 0 Å². The molecule has 1 aromatic carbocycles. The Bertz CT molecular complexity index is 423. The molecule has 1 rings (SSSR count). The summed E-state index contributed by atoms with van der Waals surface area (Å²) in [5.41, 5.74) is 0.261. The number of aromatic hydroxyl groups is 1. The van der Waals surface area contributed by atoms with E-state index in [1.165, 1.54) is 6.07 Å². The van der Waals surface area contributed by atoms with E-state index in [1.807, 2.05) is 0 Å². The summed E-state index contributed by atoms with van der Waals surface area (Å²) in [6, 6.07) is 4.71. The Morgan fingerprint density at radius 3 is 2.67 bits per heavy atom. The maximum absolute atomic E-state index is 12.0. The molecule has 18 heavy (non-hydrogen) atoms. The topological polar surface area (TPSA) is 49.3 Å². The minimum atomic E-state index is -0.300. The second-order valence-corrected chi connectivity index (χ2v) is 5.84. The quantitative estimate of drug-likeness (QED) is 0.809. The highest BCUT2D eigenvalue weighted by Crippen LogP contribution is 2.22. The van der Waals surface area contributed by atoms with Crippen LogP contribution < -0.4 is 5.32 Å². The summed E-state index contributed by atoms with van der Waals surface area (Å²) in [6.45, 7) is 4.14. The van der Waals surface area contributed by atoms with Crippen LogP contribution in [0.5, 0.6) is 5.75 Å². The molecule has 1 atom stereocenters. The number of phenols is 1. The number of nitrogens with one attached hydrogen (secondary N) is 1. The number of carbonyl (C=O) groups excluding carboxylic acids is 1. The van der Waals surface area contributed by atoms with Crippen LogP contribution in [0, 0.1) is 5.92 Å². The first-order valence-corrected chi connectivity index (χ1v) is 7.12. The molecule has 1 amide bonds. The van der Waals surface area contributed by atoms with Crippen molar-refractivity contribution < 1.29 is 9.90 Å². The van der Waals surface area contributed by atoms with E-state index in [0.717, 1.165) is 10.9 Å². The molecule has 0 aliphatic heterocycles. The molecule has 2 N–H and O–H groups in total. The number of halogens is 2. The molecule has 0 aromatic heterocycles. The Labute approximate surface area is 121 Å². The predicted octanol–water partition coefficient (Wildman–Crippen LogP) is 3.54. The van der Waals surface area contributed by atoms with Gasteiger partial charge >= 0.3 is 0 Å². The third kappa shape index (κ3) is 4.50. The third-order valence-corrected chi connectivity index (χ3v) is 3.35. The van der Waals surface area contributed by atoms with Crippen molar-refractivity contribution in [3.63, 3.8) is 0 Å². The number of rotatable bonds is 5. The SMILES string of the molecule is CC(C)CC(CCl)NC(=O)c1ccc(Br)cc1O. The standard InChI is InChI=1S/C13H17BrClNO2/c1-8(2)5-10(7-15)16-13(18)11-4-3-9(14)6-12(11)17/h3-4,6,8,10,17H,5,7H2,1-2H3,(H,16,18). The molecule has 0 aliphatic carbocycles. The highest BCUT2D eigenvalue weighted by molar-refractivity contribution is 9.10. The van der Waals surface area contributed by atoms with Crippen LogP contribution >= 0.6 is 27.5 Å². The lowest BCUT2D eigenvalue weighted by atomic mass is 10.0. The molecular formula is C13H17BrClNO2. The van der Waals surface area contributed by atoms with Crippen LogP contribution in [0.2, 0.25) is 0 Å². The van der Waals surface area contributed by atoms with Gasteiger partial charge in [-0.05, 0) is 30.5 Å². The zero-order valence-corrected chi connectivity index (χ0v) is 12.8. The number of hydrogen-bond donors (Lipinski definition) is 2. The minimum absolute atomic E-state index is 0.0419. The van der Waals surface area contributed by atoms with E-state index in [-0.39, 0.29) is 23.3 Å². The highest BCUT2D eigenvalue weighted by atomic mass is 79.9. The summed E-state index contributed by atoms with van der Waals surface area (Å²) in [5, 5.41) is 12.5. The molecule has 0 aliphatic rings. The van der Waals surface area contributed by atoms with Crippen LogP contribution in [-0.4, -0.2) is 22.9 Å². The van der Waals surface area contributed by atoms with Crippen LogP contribution in [0.4, 0.5) is 0 Å². The van der Waals surface area contributed by atoms with Crippen molar-refractivity contribution in [2.75, 3.05) is 5.88 Å². The van der Waals surface area contributed by atoms with E-state index in [9.17, 15) is 9.90 Å². The molecule has 0 fully saturated rings. The summed E-state index contributed by atoms with van der Waals surface area (Å²) in [7, 11) is 0. The smallest absolute Gasteiger partial charge is 0.255 e. The van der Waals surface area contributed by atoms with Gasteiger partial charge in [0.25, 0.3) is 5.91 Å². The largest absolute Gasteiger partial charge is 0.507 e. The van der Waals surface area contributed by atoms with Crippen molar-refractivity contribution in [2.24, 2.45) is 5.92 Å². The Hall–Kier alpha value is -0.740. The zero-order valence-electron chi connectivity index (χ0n) is 10.4. The molecule has 0 spiro atoms. The molecular weight excluding hydrogens is 318 g/mol. The molecule has 0 saturated carbocycles.